The Bertz CT molecular complexity index is 910. The van der Waals surface area contributed by atoms with Crippen LogP contribution in [0.4, 0.5) is 17.6 Å². The van der Waals surface area contributed by atoms with Crippen molar-refractivity contribution in [3.05, 3.63) is 62.2 Å². The number of carbonyl (C=O) groups excluding carboxylic acids is 1. The summed E-state index contributed by atoms with van der Waals surface area (Å²) in [4.78, 5) is 35.3. The van der Waals surface area contributed by atoms with Crippen molar-refractivity contribution in [2.45, 2.75) is 13.1 Å². The minimum Gasteiger partial charge on any atom is -0.294 e. The predicted octanol–water partition coefficient (Wildman–Crippen LogP) is 1.90. The van der Waals surface area contributed by atoms with Crippen molar-refractivity contribution in [2.75, 3.05) is 0 Å². The SMILES string of the molecule is CC(=O)c1cc(-n2c(=O)cc(C(F)(F)F)n(C)c2=O)ccc1F. The van der Waals surface area contributed by atoms with Gasteiger partial charge in [0, 0.05) is 13.1 Å². The van der Waals surface area contributed by atoms with Gasteiger partial charge in [0.1, 0.15) is 11.5 Å². The van der Waals surface area contributed by atoms with E-state index in [2.05, 4.69) is 0 Å². The minimum absolute atomic E-state index is 0.198. The van der Waals surface area contributed by atoms with Crippen LogP contribution < -0.4 is 11.2 Å². The van der Waals surface area contributed by atoms with Gasteiger partial charge in [0.2, 0.25) is 0 Å². The topological polar surface area (TPSA) is 61.1 Å². The summed E-state index contributed by atoms with van der Waals surface area (Å²) in [5, 5.41) is 0. The van der Waals surface area contributed by atoms with Crippen LogP contribution in [0.3, 0.4) is 0 Å². The fourth-order valence-corrected chi connectivity index (χ4v) is 2.06. The zero-order valence-electron chi connectivity index (χ0n) is 11.9. The number of halogens is 4. The van der Waals surface area contributed by atoms with Crippen LogP contribution in [0.25, 0.3) is 5.69 Å². The largest absolute Gasteiger partial charge is 0.431 e. The quantitative estimate of drug-likeness (QED) is 0.624. The maximum Gasteiger partial charge on any atom is 0.431 e. The second-order valence-corrected chi connectivity index (χ2v) is 4.76. The Kier molecular flexibility index (Phi) is 3.97. The molecule has 9 heteroatoms. The van der Waals surface area contributed by atoms with E-state index < -0.39 is 34.7 Å². The van der Waals surface area contributed by atoms with Gasteiger partial charge in [0.15, 0.2) is 5.78 Å². The number of ketones is 1. The van der Waals surface area contributed by atoms with Crippen molar-refractivity contribution < 1.29 is 22.4 Å². The molecule has 1 aromatic heterocycles. The van der Waals surface area contributed by atoms with Crippen LogP contribution in [0.2, 0.25) is 0 Å². The van der Waals surface area contributed by atoms with Gasteiger partial charge in [-0.1, -0.05) is 0 Å². The van der Waals surface area contributed by atoms with Gasteiger partial charge in [-0.3, -0.25) is 14.2 Å². The van der Waals surface area contributed by atoms with Gasteiger partial charge in [-0.15, -0.1) is 0 Å². The molecule has 0 atom stereocenters. The first-order chi connectivity index (χ1) is 10.5. The van der Waals surface area contributed by atoms with Crippen LogP contribution in [0.1, 0.15) is 23.0 Å². The third-order valence-electron chi connectivity index (χ3n) is 3.20. The van der Waals surface area contributed by atoms with E-state index in [-0.39, 0.29) is 21.9 Å². The smallest absolute Gasteiger partial charge is 0.294 e. The average molecular weight is 330 g/mol. The number of nitrogens with zero attached hydrogens (tertiary/aromatic N) is 2. The van der Waals surface area contributed by atoms with E-state index in [9.17, 15) is 31.9 Å². The fraction of sp³-hybridized carbons (Fsp3) is 0.214. The lowest BCUT2D eigenvalue weighted by Gasteiger charge is -2.14. The molecule has 23 heavy (non-hydrogen) atoms. The van der Waals surface area contributed by atoms with E-state index in [0.717, 1.165) is 32.2 Å². The Morgan fingerprint density at radius 3 is 2.26 bits per heavy atom. The predicted molar refractivity (Wildman–Crippen MR) is 72.2 cm³/mol. The normalized spacial score (nSPS) is 11.6. The van der Waals surface area contributed by atoms with Gasteiger partial charge in [-0.05, 0) is 25.1 Å². The summed E-state index contributed by atoms with van der Waals surface area (Å²) in [5.74, 6) is -1.51. The molecule has 5 nitrogen and oxygen atoms in total. The number of hydrogen-bond donors (Lipinski definition) is 0. The van der Waals surface area contributed by atoms with E-state index >= 15 is 0 Å². The Morgan fingerprint density at radius 1 is 1.13 bits per heavy atom. The molecular weight excluding hydrogens is 320 g/mol. The molecule has 0 radical (unpaired) electrons. The highest BCUT2D eigenvalue weighted by molar-refractivity contribution is 5.94. The number of aromatic nitrogens is 2. The molecule has 122 valence electrons. The third kappa shape index (κ3) is 2.94. The summed E-state index contributed by atoms with van der Waals surface area (Å²) in [6.07, 6.45) is -4.88. The molecule has 0 amide bonds. The summed E-state index contributed by atoms with van der Waals surface area (Å²) in [6, 6.07) is 3.08. The van der Waals surface area contributed by atoms with Crippen molar-refractivity contribution in [1.82, 2.24) is 9.13 Å². The Labute approximate surface area is 126 Å². The van der Waals surface area contributed by atoms with Crippen molar-refractivity contribution in [1.29, 1.82) is 0 Å². The molecule has 0 bridgehead atoms. The Hall–Kier alpha value is -2.71. The molecule has 0 spiro atoms. The monoisotopic (exact) mass is 330 g/mol. The molecule has 1 aromatic carbocycles. The molecule has 0 saturated carbocycles. The van der Waals surface area contributed by atoms with Crippen molar-refractivity contribution in [3.63, 3.8) is 0 Å². The van der Waals surface area contributed by atoms with Crippen LogP contribution in [-0.2, 0) is 13.2 Å². The van der Waals surface area contributed by atoms with E-state index in [1.807, 2.05) is 0 Å². The summed E-state index contributed by atoms with van der Waals surface area (Å²) >= 11 is 0. The number of hydrogen-bond acceptors (Lipinski definition) is 3. The number of benzene rings is 1. The number of alkyl halides is 3. The van der Waals surface area contributed by atoms with Gasteiger partial charge in [-0.25, -0.2) is 13.8 Å². The van der Waals surface area contributed by atoms with E-state index in [1.54, 1.807) is 0 Å². The maximum atomic E-state index is 13.5. The van der Waals surface area contributed by atoms with Gasteiger partial charge in [-0.2, -0.15) is 13.2 Å². The van der Waals surface area contributed by atoms with E-state index in [4.69, 9.17) is 0 Å². The first kappa shape index (κ1) is 16.7. The molecule has 0 N–H and O–H groups in total. The fourth-order valence-electron chi connectivity index (χ4n) is 2.06. The van der Waals surface area contributed by atoms with E-state index in [1.165, 1.54) is 0 Å². The molecule has 0 aliphatic rings. The Balaban J connectivity index is 2.79. The standard InChI is InChI=1S/C14H10F4N2O3/c1-7(21)9-5-8(3-4-10(9)15)20-12(22)6-11(14(16,17)18)19(2)13(20)23/h3-6H,1-2H3. The van der Waals surface area contributed by atoms with Crippen LogP contribution in [-0.4, -0.2) is 14.9 Å². The van der Waals surface area contributed by atoms with Crippen molar-refractivity contribution in [2.24, 2.45) is 7.05 Å². The lowest BCUT2D eigenvalue weighted by Crippen LogP contribution is -2.40. The molecule has 0 unspecified atom stereocenters. The lowest BCUT2D eigenvalue weighted by atomic mass is 10.1. The van der Waals surface area contributed by atoms with E-state index in [0.29, 0.717) is 4.57 Å². The summed E-state index contributed by atoms with van der Waals surface area (Å²) in [5.41, 5.74) is -4.47. The first-order valence-electron chi connectivity index (χ1n) is 6.25. The summed E-state index contributed by atoms with van der Waals surface area (Å²) < 4.78 is 52.5. The van der Waals surface area contributed by atoms with Gasteiger partial charge in [0.25, 0.3) is 5.56 Å². The molecule has 2 aromatic rings. The molecule has 1 heterocycles. The van der Waals surface area contributed by atoms with Gasteiger partial charge < -0.3 is 0 Å². The summed E-state index contributed by atoms with van der Waals surface area (Å²) in [7, 11) is 0.858. The highest BCUT2D eigenvalue weighted by Gasteiger charge is 2.35. The zero-order chi connectivity index (χ0) is 17.5. The van der Waals surface area contributed by atoms with Crippen LogP contribution in [0.5, 0.6) is 0 Å². The molecule has 0 fully saturated rings. The molecule has 2 rings (SSSR count). The third-order valence-corrected chi connectivity index (χ3v) is 3.20. The van der Waals surface area contributed by atoms with Crippen LogP contribution >= 0.6 is 0 Å². The molecule has 0 aliphatic carbocycles. The van der Waals surface area contributed by atoms with Crippen molar-refractivity contribution in [3.8, 4) is 5.69 Å². The first-order valence-corrected chi connectivity index (χ1v) is 6.25. The van der Waals surface area contributed by atoms with Crippen LogP contribution in [0.15, 0.2) is 33.9 Å². The van der Waals surface area contributed by atoms with Crippen molar-refractivity contribution >= 4 is 5.78 Å². The average Bonchev–Trinajstić information content (AvgIpc) is 2.43. The van der Waals surface area contributed by atoms with Gasteiger partial charge >= 0.3 is 11.9 Å². The molecular formula is C14H10F4N2O3. The second-order valence-electron chi connectivity index (χ2n) is 4.76. The van der Waals surface area contributed by atoms with Crippen LogP contribution in [0, 0.1) is 5.82 Å². The number of Topliss-reactive ketones (excluding diaryl/α,β-unsaturated/α-hetero) is 1. The molecule has 0 saturated heterocycles. The zero-order valence-corrected chi connectivity index (χ0v) is 11.9. The highest BCUT2D eigenvalue weighted by Crippen LogP contribution is 2.27. The summed E-state index contributed by atoms with van der Waals surface area (Å²) in [6.45, 7) is 1.08. The Morgan fingerprint density at radius 2 is 1.74 bits per heavy atom. The molecule has 0 aliphatic heterocycles. The number of carbonyl (C=O) groups is 1. The lowest BCUT2D eigenvalue weighted by molar-refractivity contribution is -0.144. The second kappa shape index (κ2) is 5.49. The highest BCUT2D eigenvalue weighted by atomic mass is 19.4. The van der Waals surface area contributed by atoms with Gasteiger partial charge in [0.05, 0.1) is 11.3 Å². The minimum atomic E-state index is -4.88. The number of rotatable bonds is 2. The maximum absolute atomic E-state index is 13.5.